The Morgan fingerprint density at radius 3 is 3.00 bits per heavy atom. The van der Waals surface area contributed by atoms with Gasteiger partial charge in [-0.2, -0.15) is 4.39 Å². The number of anilines is 1. The number of halogens is 1. The van der Waals surface area contributed by atoms with Crippen LogP contribution in [0.25, 0.3) is 0 Å². The van der Waals surface area contributed by atoms with Crippen LogP contribution in [-0.4, -0.2) is 40.5 Å². The molecule has 88 valence electrons. The molecule has 1 saturated heterocycles. The largest absolute Gasteiger partial charge is 0.367 e. The average Bonchev–Trinajstić information content (AvgIpc) is 2.24. The van der Waals surface area contributed by atoms with Crippen molar-refractivity contribution >= 4 is 5.82 Å². The standard InChI is InChI=1S/C11H17FN4/c1-8-5-9(3-4-16(8)2)15-11-6-10(12)13-7-14-11/h6-9H,3-5H2,1-2H3,(H,13,14,15). The van der Waals surface area contributed by atoms with E-state index >= 15 is 0 Å². The molecule has 0 aliphatic carbocycles. The van der Waals surface area contributed by atoms with Crippen LogP contribution in [0.5, 0.6) is 0 Å². The Kier molecular flexibility index (Phi) is 3.33. The number of nitrogens with one attached hydrogen (secondary N) is 1. The molecule has 0 amide bonds. The Morgan fingerprint density at radius 1 is 1.50 bits per heavy atom. The second kappa shape index (κ2) is 4.74. The lowest BCUT2D eigenvalue weighted by Gasteiger charge is -2.35. The predicted octanol–water partition coefficient (Wildman–Crippen LogP) is 1.51. The fraction of sp³-hybridized carbons (Fsp3) is 0.636. The van der Waals surface area contributed by atoms with Gasteiger partial charge in [-0.25, -0.2) is 9.97 Å². The van der Waals surface area contributed by atoms with Crippen LogP contribution in [-0.2, 0) is 0 Å². The van der Waals surface area contributed by atoms with E-state index < -0.39 is 5.95 Å². The lowest BCUT2D eigenvalue weighted by Crippen LogP contribution is -2.42. The molecule has 1 aliphatic rings. The summed E-state index contributed by atoms with van der Waals surface area (Å²) in [5.41, 5.74) is 0. The number of rotatable bonds is 2. The highest BCUT2D eigenvalue weighted by Gasteiger charge is 2.22. The minimum absolute atomic E-state index is 0.375. The van der Waals surface area contributed by atoms with Crippen LogP contribution < -0.4 is 5.32 Å². The molecule has 2 atom stereocenters. The van der Waals surface area contributed by atoms with Crippen molar-refractivity contribution in [3.05, 3.63) is 18.3 Å². The third-order valence-electron chi connectivity index (χ3n) is 3.19. The normalized spacial score (nSPS) is 26.7. The molecule has 2 heterocycles. The highest BCUT2D eigenvalue weighted by Crippen LogP contribution is 2.18. The molecule has 1 N–H and O–H groups in total. The lowest BCUT2D eigenvalue weighted by molar-refractivity contribution is 0.190. The van der Waals surface area contributed by atoms with Gasteiger partial charge < -0.3 is 10.2 Å². The quantitative estimate of drug-likeness (QED) is 0.773. The van der Waals surface area contributed by atoms with E-state index in [2.05, 4.69) is 34.2 Å². The van der Waals surface area contributed by atoms with Gasteiger partial charge in [-0.1, -0.05) is 0 Å². The van der Waals surface area contributed by atoms with E-state index in [9.17, 15) is 4.39 Å². The molecule has 1 aromatic heterocycles. The number of likely N-dealkylation sites (tertiary alicyclic amines) is 1. The Labute approximate surface area is 94.9 Å². The highest BCUT2D eigenvalue weighted by molar-refractivity contribution is 5.33. The first-order valence-electron chi connectivity index (χ1n) is 5.59. The third kappa shape index (κ3) is 2.66. The zero-order valence-electron chi connectivity index (χ0n) is 9.65. The van der Waals surface area contributed by atoms with E-state index in [1.165, 1.54) is 12.4 Å². The molecule has 5 heteroatoms. The molecule has 1 fully saturated rings. The molecule has 1 aromatic rings. The Balaban J connectivity index is 1.95. The number of hydrogen-bond acceptors (Lipinski definition) is 4. The second-order valence-electron chi connectivity index (χ2n) is 4.42. The number of piperidine rings is 1. The summed E-state index contributed by atoms with van der Waals surface area (Å²) >= 11 is 0. The molecule has 0 radical (unpaired) electrons. The maximum absolute atomic E-state index is 12.9. The van der Waals surface area contributed by atoms with Crippen LogP contribution in [0, 0.1) is 5.95 Å². The van der Waals surface area contributed by atoms with Crippen LogP contribution >= 0.6 is 0 Å². The Morgan fingerprint density at radius 2 is 2.31 bits per heavy atom. The van der Waals surface area contributed by atoms with Gasteiger partial charge in [-0.15, -0.1) is 0 Å². The molecule has 0 bridgehead atoms. The first-order valence-corrected chi connectivity index (χ1v) is 5.59. The number of hydrogen-bond donors (Lipinski definition) is 1. The maximum Gasteiger partial charge on any atom is 0.217 e. The van der Waals surface area contributed by atoms with Crippen LogP contribution in [0.15, 0.2) is 12.4 Å². The van der Waals surface area contributed by atoms with Crippen molar-refractivity contribution < 1.29 is 4.39 Å². The summed E-state index contributed by atoms with van der Waals surface area (Å²) in [6.45, 7) is 3.26. The Hall–Kier alpha value is -1.23. The maximum atomic E-state index is 12.9. The number of aromatic nitrogens is 2. The zero-order chi connectivity index (χ0) is 11.5. The van der Waals surface area contributed by atoms with Crippen molar-refractivity contribution in [2.45, 2.75) is 31.8 Å². The lowest BCUT2D eigenvalue weighted by atomic mass is 9.99. The predicted molar refractivity (Wildman–Crippen MR) is 60.7 cm³/mol. The summed E-state index contributed by atoms with van der Waals surface area (Å²) < 4.78 is 12.9. The molecule has 16 heavy (non-hydrogen) atoms. The van der Waals surface area contributed by atoms with Crippen molar-refractivity contribution in [3.63, 3.8) is 0 Å². The van der Waals surface area contributed by atoms with Crippen LogP contribution in [0.2, 0.25) is 0 Å². The summed E-state index contributed by atoms with van der Waals surface area (Å²) in [7, 11) is 2.13. The molecule has 4 nitrogen and oxygen atoms in total. The summed E-state index contributed by atoms with van der Waals surface area (Å²) in [5, 5.41) is 3.25. The van der Waals surface area contributed by atoms with Gasteiger partial charge in [0, 0.05) is 24.7 Å². The van der Waals surface area contributed by atoms with Crippen molar-refractivity contribution in [2.24, 2.45) is 0 Å². The smallest absolute Gasteiger partial charge is 0.217 e. The van der Waals surface area contributed by atoms with Gasteiger partial charge in [0.05, 0.1) is 0 Å². The monoisotopic (exact) mass is 224 g/mol. The van der Waals surface area contributed by atoms with Crippen LogP contribution in [0.4, 0.5) is 10.2 Å². The van der Waals surface area contributed by atoms with Crippen LogP contribution in [0.1, 0.15) is 19.8 Å². The van der Waals surface area contributed by atoms with Crippen molar-refractivity contribution in [1.29, 1.82) is 0 Å². The van der Waals surface area contributed by atoms with E-state index in [0.29, 0.717) is 17.9 Å². The first kappa shape index (κ1) is 11.3. The van der Waals surface area contributed by atoms with Gasteiger partial charge in [0.2, 0.25) is 5.95 Å². The summed E-state index contributed by atoms with van der Waals surface area (Å²) in [6, 6.07) is 2.27. The van der Waals surface area contributed by atoms with Crippen LogP contribution in [0.3, 0.4) is 0 Å². The fourth-order valence-electron chi connectivity index (χ4n) is 2.04. The fourth-order valence-corrected chi connectivity index (χ4v) is 2.04. The Bertz CT molecular complexity index is 358. The molecular weight excluding hydrogens is 207 g/mol. The minimum atomic E-state index is -0.488. The molecular formula is C11H17FN4. The summed E-state index contributed by atoms with van der Waals surface area (Å²) in [4.78, 5) is 9.77. The SMILES string of the molecule is CC1CC(Nc2cc(F)ncn2)CCN1C. The third-order valence-corrected chi connectivity index (χ3v) is 3.19. The molecule has 1 aliphatic heterocycles. The van der Waals surface area contributed by atoms with Gasteiger partial charge in [0.1, 0.15) is 12.1 Å². The number of nitrogens with zero attached hydrogens (tertiary/aromatic N) is 3. The average molecular weight is 224 g/mol. The van der Waals surface area contributed by atoms with Crippen molar-refractivity contribution in [3.8, 4) is 0 Å². The molecule has 2 rings (SSSR count). The van der Waals surface area contributed by atoms with E-state index in [1.807, 2.05) is 0 Å². The second-order valence-corrected chi connectivity index (χ2v) is 4.42. The molecule has 2 unspecified atom stereocenters. The van der Waals surface area contributed by atoms with Crippen molar-refractivity contribution in [1.82, 2.24) is 14.9 Å². The van der Waals surface area contributed by atoms with E-state index in [1.54, 1.807) is 0 Å². The van der Waals surface area contributed by atoms with Gasteiger partial charge in [-0.05, 0) is 26.8 Å². The molecule has 0 spiro atoms. The van der Waals surface area contributed by atoms with Crippen molar-refractivity contribution in [2.75, 3.05) is 18.9 Å². The van der Waals surface area contributed by atoms with E-state index in [0.717, 1.165) is 19.4 Å². The zero-order valence-corrected chi connectivity index (χ0v) is 9.65. The first-order chi connectivity index (χ1) is 7.65. The van der Waals surface area contributed by atoms with Gasteiger partial charge in [-0.3, -0.25) is 0 Å². The summed E-state index contributed by atoms with van der Waals surface area (Å²) in [5.74, 6) is 0.0905. The van der Waals surface area contributed by atoms with E-state index in [4.69, 9.17) is 0 Å². The topological polar surface area (TPSA) is 41.1 Å². The van der Waals surface area contributed by atoms with E-state index in [-0.39, 0.29) is 0 Å². The van der Waals surface area contributed by atoms with Gasteiger partial charge in [0.25, 0.3) is 0 Å². The molecule has 0 saturated carbocycles. The van der Waals surface area contributed by atoms with Gasteiger partial charge in [0.15, 0.2) is 0 Å². The summed E-state index contributed by atoms with van der Waals surface area (Å²) in [6.07, 6.45) is 3.37. The minimum Gasteiger partial charge on any atom is -0.367 e. The highest BCUT2D eigenvalue weighted by atomic mass is 19.1. The molecule has 0 aromatic carbocycles. The van der Waals surface area contributed by atoms with Gasteiger partial charge >= 0.3 is 0 Å².